The molecule has 0 atom stereocenters. The molecule has 35 heavy (non-hydrogen) atoms. The van der Waals surface area contributed by atoms with Gasteiger partial charge in [-0.05, 0) is 75.8 Å². The highest BCUT2D eigenvalue weighted by Gasteiger charge is 2.14. The van der Waals surface area contributed by atoms with Crippen molar-refractivity contribution in [1.29, 1.82) is 0 Å². The summed E-state index contributed by atoms with van der Waals surface area (Å²) in [5.41, 5.74) is 20.0. The van der Waals surface area contributed by atoms with Gasteiger partial charge in [0, 0.05) is 40.0 Å². The van der Waals surface area contributed by atoms with Crippen molar-refractivity contribution in [2.24, 2.45) is 0 Å². The zero-order valence-electron chi connectivity index (χ0n) is 18.9. The Bertz CT molecular complexity index is 1550. The van der Waals surface area contributed by atoms with Crippen molar-refractivity contribution in [2.75, 3.05) is 11.5 Å². The molecule has 5 aromatic rings. The first-order valence-electron chi connectivity index (χ1n) is 11.2. The topological polar surface area (TPSA) is 94.3 Å². The molecule has 0 saturated carbocycles. The van der Waals surface area contributed by atoms with Crippen molar-refractivity contribution < 1.29 is 9.90 Å². The smallest absolute Gasteiger partial charge is 0.307 e. The van der Waals surface area contributed by atoms with Gasteiger partial charge in [-0.1, -0.05) is 54.1 Å². The van der Waals surface area contributed by atoms with Gasteiger partial charge in [-0.2, -0.15) is 0 Å². The van der Waals surface area contributed by atoms with Crippen LogP contribution in [0.25, 0.3) is 33.2 Å². The summed E-state index contributed by atoms with van der Waals surface area (Å²) >= 11 is 6.19. The van der Waals surface area contributed by atoms with Crippen LogP contribution >= 0.6 is 11.6 Å². The third-order valence-electron chi connectivity index (χ3n) is 6.06. The van der Waals surface area contributed by atoms with Crippen molar-refractivity contribution in [1.82, 2.24) is 4.57 Å². The van der Waals surface area contributed by atoms with Crippen LogP contribution in [-0.2, 0) is 17.8 Å². The Balaban J connectivity index is 1.58. The molecule has 0 saturated heterocycles. The highest BCUT2D eigenvalue weighted by atomic mass is 35.5. The van der Waals surface area contributed by atoms with Gasteiger partial charge in [0.15, 0.2) is 0 Å². The monoisotopic (exact) mass is 481 g/mol. The molecule has 0 aliphatic rings. The molecule has 0 amide bonds. The van der Waals surface area contributed by atoms with E-state index in [1.54, 1.807) is 6.07 Å². The highest BCUT2D eigenvalue weighted by Crippen LogP contribution is 2.31. The van der Waals surface area contributed by atoms with Crippen LogP contribution in [0.4, 0.5) is 11.4 Å². The number of nitrogen functional groups attached to an aromatic ring is 2. The number of carboxylic acids is 1. The maximum Gasteiger partial charge on any atom is 0.307 e. The fraction of sp³-hybridized carbons (Fsp3) is 0.0690. The summed E-state index contributed by atoms with van der Waals surface area (Å²) in [5, 5.41) is 11.1. The zero-order chi connectivity index (χ0) is 24.5. The molecule has 6 heteroatoms. The molecule has 5 rings (SSSR count). The number of hydrogen-bond donors (Lipinski definition) is 3. The van der Waals surface area contributed by atoms with Crippen LogP contribution < -0.4 is 11.5 Å². The van der Waals surface area contributed by atoms with E-state index in [-0.39, 0.29) is 6.42 Å². The van der Waals surface area contributed by atoms with E-state index in [1.807, 2.05) is 60.8 Å². The average molecular weight is 482 g/mol. The summed E-state index contributed by atoms with van der Waals surface area (Å²) < 4.78 is 2.10. The number of halogens is 1. The van der Waals surface area contributed by atoms with E-state index in [0.29, 0.717) is 22.9 Å². The van der Waals surface area contributed by atoms with E-state index < -0.39 is 5.97 Å². The lowest BCUT2D eigenvalue weighted by Gasteiger charge is -2.10. The normalized spacial score (nSPS) is 11.1. The first-order chi connectivity index (χ1) is 16.9. The molecule has 1 heterocycles. The lowest BCUT2D eigenvalue weighted by Crippen LogP contribution is -2.00. The van der Waals surface area contributed by atoms with Crippen LogP contribution in [0.15, 0.2) is 91.1 Å². The Morgan fingerprint density at radius 1 is 0.800 bits per heavy atom. The molecule has 1 aromatic heterocycles. The van der Waals surface area contributed by atoms with E-state index in [2.05, 4.69) is 28.8 Å². The molecule has 0 fully saturated rings. The molecule has 0 aliphatic heterocycles. The first-order valence-corrected chi connectivity index (χ1v) is 11.6. The quantitative estimate of drug-likeness (QED) is 0.242. The number of carbonyl (C=O) groups is 1. The Morgan fingerprint density at radius 2 is 1.49 bits per heavy atom. The first kappa shape index (κ1) is 22.6. The van der Waals surface area contributed by atoms with Crippen LogP contribution in [0.3, 0.4) is 0 Å². The Kier molecular flexibility index (Phi) is 5.93. The lowest BCUT2D eigenvalue weighted by molar-refractivity contribution is -0.136. The minimum Gasteiger partial charge on any atom is -0.481 e. The molecule has 0 spiro atoms. The molecule has 4 aromatic carbocycles. The summed E-state index contributed by atoms with van der Waals surface area (Å²) in [6.45, 7) is 0.590. The number of anilines is 2. The number of fused-ring (bicyclic) bond motifs is 1. The Hall–Kier alpha value is -4.22. The third kappa shape index (κ3) is 4.86. The minimum absolute atomic E-state index is 0.0450. The molecule has 174 valence electrons. The second-order valence-corrected chi connectivity index (χ2v) is 9.12. The van der Waals surface area contributed by atoms with Gasteiger partial charge >= 0.3 is 5.97 Å². The van der Waals surface area contributed by atoms with E-state index in [4.69, 9.17) is 23.1 Å². The number of aromatic nitrogens is 1. The largest absolute Gasteiger partial charge is 0.481 e. The maximum atomic E-state index is 11.5. The van der Waals surface area contributed by atoms with Gasteiger partial charge in [-0.3, -0.25) is 4.79 Å². The number of benzene rings is 4. The lowest BCUT2D eigenvalue weighted by atomic mass is 10.0. The van der Waals surface area contributed by atoms with Crippen molar-refractivity contribution in [3.8, 4) is 22.3 Å². The van der Waals surface area contributed by atoms with Crippen molar-refractivity contribution >= 4 is 39.8 Å². The van der Waals surface area contributed by atoms with Crippen LogP contribution in [-0.4, -0.2) is 15.6 Å². The fourth-order valence-electron chi connectivity index (χ4n) is 4.54. The second-order valence-electron chi connectivity index (χ2n) is 8.68. The number of nitrogens with two attached hydrogens (primary N) is 2. The van der Waals surface area contributed by atoms with Gasteiger partial charge in [0.05, 0.1) is 6.42 Å². The van der Waals surface area contributed by atoms with Gasteiger partial charge in [-0.25, -0.2) is 0 Å². The molecule has 0 radical (unpaired) electrons. The molecule has 5 nitrogen and oxygen atoms in total. The number of rotatable bonds is 6. The number of hydrogen-bond acceptors (Lipinski definition) is 3. The van der Waals surface area contributed by atoms with E-state index in [0.717, 1.165) is 44.3 Å². The number of aliphatic carboxylic acids is 1. The second kappa shape index (κ2) is 9.20. The minimum atomic E-state index is -0.861. The summed E-state index contributed by atoms with van der Waals surface area (Å²) in [6.07, 6.45) is 1.89. The number of carboxylic acid groups (broad SMARTS) is 1. The molecule has 0 bridgehead atoms. The van der Waals surface area contributed by atoms with Crippen LogP contribution in [0.1, 0.15) is 11.1 Å². The van der Waals surface area contributed by atoms with Gasteiger partial charge in [0.2, 0.25) is 0 Å². The maximum absolute atomic E-state index is 11.5. The predicted octanol–water partition coefficient (Wildman–Crippen LogP) is 6.47. The molecule has 0 aliphatic carbocycles. The zero-order valence-corrected chi connectivity index (χ0v) is 19.7. The van der Waals surface area contributed by atoms with Crippen LogP contribution in [0, 0.1) is 0 Å². The summed E-state index contributed by atoms with van der Waals surface area (Å²) in [7, 11) is 0. The van der Waals surface area contributed by atoms with Crippen LogP contribution in [0.5, 0.6) is 0 Å². The van der Waals surface area contributed by atoms with Gasteiger partial charge in [0.25, 0.3) is 0 Å². The van der Waals surface area contributed by atoms with Crippen molar-refractivity contribution in [2.45, 2.75) is 13.0 Å². The molecule has 5 N–H and O–H groups in total. The summed E-state index contributed by atoms with van der Waals surface area (Å²) in [6, 6.07) is 27.6. The Labute approximate surface area is 208 Å². The summed E-state index contributed by atoms with van der Waals surface area (Å²) in [4.78, 5) is 11.5. The van der Waals surface area contributed by atoms with Gasteiger partial charge in [-0.15, -0.1) is 0 Å². The average Bonchev–Trinajstić information content (AvgIpc) is 3.14. The van der Waals surface area contributed by atoms with Crippen LogP contribution in [0.2, 0.25) is 5.02 Å². The van der Waals surface area contributed by atoms with Gasteiger partial charge in [0.1, 0.15) is 0 Å². The third-order valence-corrected chi connectivity index (χ3v) is 6.29. The molecule has 0 unspecified atom stereocenters. The highest BCUT2D eigenvalue weighted by molar-refractivity contribution is 6.30. The van der Waals surface area contributed by atoms with Gasteiger partial charge < -0.3 is 21.1 Å². The van der Waals surface area contributed by atoms with Crippen molar-refractivity contribution in [3.63, 3.8) is 0 Å². The molecular weight excluding hydrogens is 458 g/mol. The Morgan fingerprint density at radius 3 is 2.20 bits per heavy atom. The summed E-state index contributed by atoms with van der Waals surface area (Å²) in [5.74, 6) is -0.861. The van der Waals surface area contributed by atoms with E-state index >= 15 is 0 Å². The number of nitrogens with zero attached hydrogens (tertiary/aromatic N) is 1. The fourth-order valence-corrected chi connectivity index (χ4v) is 4.73. The molecular formula is C29H24ClN3O2. The SMILES string of the molecule is Nc1cc(N)cc(-c2ccc3c(CC(=O)O)cn(Cc4cccc(-c5cccc(Cl)c5)c4)c3c2)c1. The van der Waals surface area contributed by atoms with E-state index in [9.17, 15) is 9.90 Å². The van der Waals surface area contributed by atoms with Crippen molar-refractivity contribution in [3.05, 3.63) is 107 Å². The van der Waals surface area contributed by atoms with E-state index in [1.165, 1.54) is 0 Å². The predicted molar refractivity (Wildman–Crippen MR) is 144 cm³/mol. The standard InChI is InChI=1S/C29H24ClN3O2/c30-24-6-2-5-20(10-24)19-4-1-3-18(9-19)16-33-17-23(14-29(34)35)27-8-7-21(13-28(27)33)22-11-25(31)15-26(32)12-22/h1-13,15,17H,14,16,31-32H2,(H,34,35).